The van der Waals surface area contributed by atoms with Crippen LogP contribution in [-0.2, 0) is 18.5 Å². The Morgan fingerprint density at radius 1 is 1.20 bits per heavy atom. The summed E-state index contributed by atoms with van der Waals surface area (Å²) < 4.78 is 11.0. The second-order valence-corrected chi connectivity index (χ2v) is 8.65. The van der Waals surface area contributed by atoms with Crippen molar-refractivity contribution in [1.82, 2.24) is 20.6 Å². The third-order valence-corrected chi connectivity index (χ3v) is 5.27. The van der Waals surface area contributed by atoms with E-state index in [1.807, 2.05) is 36.6 Å². The molecule has 0 radical (unpaired) electrons. The molecule has 0 bridgehead atoms. The Hall–Kier alpha value is -2.87. The van der Waals surface area contributed by atoms with Crippen LogP contribution in [0.3, 0.4) is 0 Å². The van der Waals surface area contributed by atoms with Crippen molar-refractivity contribution in [3.63, 3.8) is 0 Å². The van der Waals surface area contributed by atoms with Crippen LogP contribution < -0.4 is 15.4 Å². The summed E-state index contributed by atoms with van der Waals surface area (Å²) in [6.45, 7) is 10.1. The van der Waals surface area contributed by atoms with Crippen LogP contribution in [0.25, 0.3) is 10.6 Å². The van der Waals surface area contributed by atoms with E-state index in [1.54, 1.807) is 24.6 Å². The van der Waals surface area contributed by atoms with Gasteiger partial charge < -0.3 is 19.8 Å². The number of benzene rings is 1. The molecule has 3 rings (SSSR count). The molecule has 30 heavy (non-hydrogen) atoms. The molecule has 0 aliphatic heterocycles. The molecule has 0 spiro atoms. The molecule has 0 aliphatic carbocycles. The monoisotopic (exact) mass is 427 g/mol. The van der Waals surface area contributed by atoms with Gasteiger partial charge in [0.1, 0.15) is 16.5 Å². The predicted octanol–water partition coefficient (Wildman–Crippen LogP) is 4.36. The van der Waals surface area contributed by atoms with Gasteiger partial charge in [0.05, 0.1) is 32.1 Å². The summed E-state index contributed by atoms with van der Waals surface area (Å²) in [6, 6.07) is 7.90. The number of aliphatic imine (C=N–C) groups is 1. The van der Waals surface area contributed by atoms with Gasteiger partial charge >= 0.3 is 0 Å². The predicted molar refractivity (Wildman–Crippen MR) is 121 cm³/mol. The van der Waals surface area contributed by atoms with Crippen molar-refractivity contribution >= 4 is 17.3 Å². The quantitative estimate of drug-likeness (QED) is 0.430. The summed E-state index contributed by atoms with van der Waals surface area (Å²) in [5.41, 5.74) is 1.93. The Morgan fingerprint density at radius 2 is 1.97 bits per heavy atom. The van der Waals surface area contributed by atoms with Gasteiger partial charge in [-0.1, -0.05) is 20.8 Å². The van der Waals surface area contributed by atoms with E-state index < -0.39 is 0 Å². The summed E-state index contributed by atoms with van der Waals surface area (Å²) >= 11 is 1.61. The van der Waals surface area contributed by atoms with Crippen molar-refractivity contribution in [3.05, 3.63) is 53.2 Å². The first-order valence-electron chi connectivity index (χ1n) is 9.95. The number of oxazole rings is 1. The number of hydrogen-bond acceptors (Lipinski definition) is 6. The minimum absolute atomic E-state index is 0.0595. The van der Waals surface area contributed by atoms with Gasteiger partial charge in [0.25, 0.3) is 0 Å². The van der Waals surface area contributed by atoms with Crippen molar-refractivity contribution in [3.8, 4) is 16.3 Å². The molecule has 3 aromatic rings. The molecule has 2 heterocycles. The Morgan fingerprint density at radius 3 is 2.60 bits per heavy atom. The first-order chi connectivity index (χ1) is 14.4. The van der Waals surface area contributed by atoms with Gasteiger partial charge in [-0.3, -0.25) is 0 Å². The maximum Gasteiger partial charge on any atom is 0.213 e. The number of nitrogens with one attached hydrogen (secondary N) is 2. The topological polar surface area (TPSA) is 84.6 Å². The molecule has 0 amide bonds. The fourth-order valence-electron chi connectivity index (χ4n) is 2.65. The third-order valence-electron chi connectivity index (χ3n) is 4.33. The average molecular weight is 428 g/mol. The SMILES string of the molecule is CCNC(=NCc1csc(-c2ccc(OC)cc2)n1)NCc1ncc(C(C)(C)C)o1. The second-order valence-electron chi connectivity index (χ2n) is 7.79. The van der Waals surface area contributed by atoms with Gasteiger partial charge in [-0.15, -0.1) is 11.3 Å². The first kappa shape index (κ1) is 21.8. The Bertz CT molecular complexity index is 970. The zero-order valence-corrected chi connectivity index (χ0v) is 19.0. The number of methoxy groups -OCH3 is 1. The lowest BCUT2D eigenvalue weighted by atomic mass is 9.94. The number of aromatic nitrogens is 2. The van der Waals surface area contributed by atoms with E-state index in [0.29, 0.717) is 24.9 Å². The fraction of sp³-hybridized carbons (Fsp3) is 0.409. The molecule has 0 fully saturated rings. The lowest BCUT2D eigenvalue weighted by Gasteiger charge is -2.13. The minimum atomic E-state index is -0.0595. The molecule has 2 N–H and O–H groups in total. The number of nitrogens with zero attached hydrogens (tertiary/aromatic N) is 3. The number of thiazole rings is 1. The zero-order valence-electron chi connectivity index (χ0n) is 18.2. The molecule has 7 nitrogen and oxygen atoms in total. The van der Waals surface area contributed by atoms with E-state index in [-0.39, 0.29) is 5.41 Å². The summed E-state index contributed by atoms with van der Waals surface area (Å²) in [6.07, 6.45) is 1.79. The molecule has 160 valence electrons. The first-order valence-corrected chi connectivity index (χ1v) is 10.8. The molecule has 1 aromatic carbocycles. The fourth-order valence-corrected chi connectivity index (χ4v) is 3.46. The third kappa shape index (κ3) is 5.82. The average Bonchev–Trinajstić information content (AvgIpc) is 3.40. The van der Waals surface area contributed by atoms with Crippen molar-refractivity contribution in [2.75, 3.05) is 13.7 Å². The zero-order chi connectivity index (χ0) is 21.6. The molecule has 0 saturated carbocycles. The van der Waals surface area contributed by atoms with E-state index in [9.17, 15) is 0 Å². The van der Waals surface area contributed by atoms with Gasteiger partial charge in [-0.25, -0.2) is 15.0 Å². The number of guanidine groups is 1. The van der Waals surface area contributed by atoms with Gasteiger partial charge in [0.2, 0.25) is 5.89 Å². The van der Waals surface area contributed by atoms with E-state index in [0.717, 1.165) is 34.3 Å². The minimum Gasteiger partial charge on any atom is -0.497 e. The normalized spacial score (nSPS) is 12.1. The molecular formula is C22H29N5O2S. The summed E-state index contributed by atoms with van der Waals surface area (Å²) in [4.78, 5) is 13.7. The van der Waals surface area contributed by atoms with Gasteiger partial charge in [-0.2, -0.15) is 0 Å². The Kier molecular flexibility index (Phi) is 7.10. The molecule has 8 heteroatoms. The second kappa shape index (κ2) is 9.75. The lowest BCUT2D eigenvalue weighted by molar-refractivity contribution is 0.379. The maximum atomic E-state index is 5.83. The van der Waals surface area contributed by atoms with Crippen LogP contribution in [0.5, 0.6) is 5.75 Å². The van der Waals surface area contributed by atoms with Crippen molar-refractivity contribution in [1.29, 1.82) is 0 Å². The molecule has 0 aliphatic rings. The van der Waals surface area contributed by atoms with Crippen molar-refractivity contribution < 1.29 is 9.15 Å². The van der Waals surface area contributed by atoms with Gasteiger partial charge in [-0.05, 0) is 31.2 Å². The molecule has 0 atom stereocenters. The smallest absolute Gasteiger partial charge is 0.213 e. The summed E-state index contributed by atoms with van der Waals surface area (Å²) in [7, 11) is 1.66. The van der Waals surface area contributed by atoms with Crippen LogP contribution in [0.1, 0.15) is 45.0 Å². The highest BCUT2D eigenvalue weighted by molar-refractivity contribution is 7.13. The van der Waals surface area contributed by atoms with Gasteiger partial charge in [0, 0.05) is 22.9 Å². The van der Waals surface area contributed by atoms with Crippen molar-refractivity contribution in [2.45, 2.75) is 46.2 Å². The molecule has 0 unspecified atom stereocenters. The van der Waals surface area contributed by atoms with Crippen LogP contribution in [0.4, 0.5) is 0 Å². The van der Waals surface area contributed by atoms with E-state index >= 15 is 0 Å². The molecule has 0 saturated heterocycles. The number of ether oxygens (including phenoxy) is 1. The van der Waals surface area contributed by atoms with Crippen LogP contribution in [-0.4, -0.2) is 29.6 Å². The van der Waals surface area contributed by atoms with Gasteiger partial charge in [0.15, 0.2) is 5.96 Å². The Balaban J connectivity index is 1.61. The van der Waals surface area contributed by atoms with Crippen LogP contribution in [0.2, 0.25) is 0 Å². The lowest BCUT2D eigenvalue weighted by Crippen LogP contribution is -2.36. The summed E-state index contributed by atoms with van der Waals surface area (Å²) in [5.74, 6) is 3.05. The largest absolute Gasteiger partial charge is 0.497 e. The number of rotatable bonds is 7. The molecular weight excluding hydrogens is 398 g/mol. The van der Waals surface area contributed by atoms with E-state index in [2.05, 4.69) is 41.4 Å². The van der Waals surface area contributed by atoms with E-state index in [4.69, 9.17) is 14.1 Å². The number of hydrogen-bond donors (Lipinski definition) is 2. The van der Waals surface area contributed by atoms with E-state index in [1.165, 1.54) is 0 Å². The highest BCUT2D eigenvalue weighted by Gasteiger charge is 2.19. The highest BCUT2D eigenvalue weighted by atomic mass is 32.1. The Labute approximate surface area is 181 Å². The highest BCUT2D eigenvalue weighted by Crippen LogP contribution is 2.26. The maximum absolute atomic E-state index is 5.83. The van der Waals surface area contributed by atoms with Crippen molar-refractivity contribution in [2.24, 2.45) is 4.99 Å². The standard InChI is InChI=1S/C22H29N5O2S/c1-6-23-21(26-13-19-24-12-18(29-19)22(2,3)4)25-11-16-14-30-20(27-16)15-7-9-17(28-5)10-8-15/h7-10,12,14H,6,11,13H2,1-5H3,(H2,23,25,26). The van der Waals surface area contributed by atoms with Crippen LogP contribution in [0.15, 0.2) is 45.3 Å². The molecule has 2 aromatic heterocycles. The summed E-state index contributed by atoms with van der Waals surface area (Å²) in [5, 5.41) is 9.52. The van der Waals surface area contributed by atoms with Crippen LogP contribution in [0, 0.1) is 0 Å². The van der Waals surface area contributed by atoms with Crippen LogP contribution >= 0.6 is 11.3 Å².